The van der Waals surface area contributed by atoms with Crippen LogP contribution in [0.5, 0.6) is 5.75 Å². The second-order valence-corrected chi connectivity index (χ2v) is 12.8. The second kappa shape index (κ2) is 14.7. The topological polar surface area (TPSA) is 9.23 Å². The Morgan fingerprint density at radius 2 is 1.23 bits per heavy atom. The van der Waals surface area contributed by atoms with Gasteiger partial charge in [0.15, 0.2) is 0 Å². The van der Waals surface area contributed by atoms with Crippen LogP contribution >= 0.6 is 0 Å². The normalized spacial score (nSPS) is 31.1. The van der Waals surface area contributed by atoms with Gasteiger partial charge in [0.25, 0.3) is 0 Å². The van der Waals surface area contributed by atoms with Gasteiger partial charge in [-0.05, 0) is 91.7 Å². The summed E-state index contributed by atoms with van der Waals surface area (Å²) in [5, 5.41) is 0. The van der Waals surface area contributed by atoms with E-state index in [1.165, 1.54) is 77.0 Å². The molecule has 35 heavy (non-hydrogen) atoms. The maximum atomic E-state index is 5.88. The van der Waals surface area contributed by atoms with Gasteiger partial charge in [0.2, 0.25) is 0 Å². The van der Waals surface area contributed by atoms with Gasteiger partial charge in [-0.2, -0.15) is 0 Å². The lowest BCUT2D eigenvalue weighted by Crippen LogP contribution is -2.30. The first-order valence-corrected chi connectivity index (χ1v) is 16.0. The number of ether oxygens (including phenoxy) is 1. The summed E-state index contributed by atoms with van der Waals surface area (Å²) in [6.07, 6.45) is 27.8. The summed E-state index contributed by atoms with van der Waals surface area (Å²) in [5.41, 5.74) is 1.56. The third kappa shape index (κ3) is 8.53. The number of benzene rings is 1. The van der Waals surface area contributed by atoms with Crippen LogP contribution in [0.3, 0.4) is 0 Å². The number of rotatable bonds is 13. The maximum absolute atomic E-state index is 5.88. The van der Waals surface area contributed by atoms with Crippen molar-refractivity contribution in [2.24, 2.45) is 29.6 Å². The fourth-order valence-corrected chi connectivity index (χ4v) is 7.86. The zero-order valence-corrected chi connectivity index (χ0v) is 23.3. The molecule has 0 spiro atoms. The summed E-state index contributed by atoms with van der Waals surface area (Å²) in [7, 11) is 0. The third-order valence-electron chi connectivity index (χ3n) is 10.3. The molecule has 1 aromatic carbocycles. The van der Waals surface area contributed by atoms with Crippen LogP contribution in [0.1, 0.15) is 147 Å². The molecule has 4 unspecified atom stereocenters. The molecule has 3 fully saturated rings. The summed E-state index contributed by atoms with van der Waals surface area (Å²) < 4.78 is 5.88. The Bertz CT molecular complexity index is 685. The van der Waals surface area contributed by atoms with Gasteiger partial charge in [-0.1, -0.05) is 109 Å². The zero-order valence-electron chi connectivity index (χ0n) is 23.3. The van der Waals surface area contributed by atoms with Gasteiger partial charge in [0.1, 0.15) is 5.75 Å². The lowest BCUT2D eigenvalue weighted by Gasteiger charge is -2.43. The summed E-state index contributed by atoms with van der Waals surface area (Å²) >= 11 is 0. The van der Waals surface area contributed by atoms with Crippen LogP contribution in [-0.4, -0.2) is 6.61 Å². The van der Waals surface area contributed by atoms with E-state index in [9.17, 15) is 0 Å². The second-order valence-electron chi connectivity index (χ2n) is 12.8. The molecule has 4 rings (SSSR count). The Morgan fingerprint density at radius 3 is 1.97 bits per heavy atom. The van der Waals surface area contributed by atoms with E-state index in [0.717, 1.165) is 54.3 Å². The number of hydrogen-bond donors (Lipinski definition) is 0. The van der Waals surface area contributed by atoms with Crippen molar-refractivity contribution in [2.45, 2.75) is 142 Å². The first kappa shape index (κ1) is 27.1. The third-order valence-corrected chi connectivity index (χ3v) is 10.3. The Labute approximate surface area is 218 Å². The molecule has 3 saturated carbocycles. The van der Waals surface area contributed by atoms with Crippen LogP contribution in [0.2, 0.25) is 0 Å². The molecule has 198 valence electrons. The summed E-state index contributed by atoms with van der Waals surface area (Å²) in [5.74, 6) is 7.03. The molecule has 0 amide bonds. The van der Waals surface area contributed by atoms with Crippen LogP contribution in [0, 0.1) is 29.6 Å². The first-order valence-electron chi connectivity index (χ1n) is 16.0. The van der Waals surface area contributed by atoms with Crippen molar-refractivity contribution in [1.29, 1.82) is 0 Å². The van der Waals surface area contributed by atoms with Crippen LogP contribution in [0.25, 0.3) is 0 Å². The lowest BCUT2D eigenvalue weighted by atomic mass is 9.63. The highest BCUT2D eigenvalue weighted by molar-refractivity contribution is 5.30. The molecule has 0 aromatic heterocycles. The van der Waals surface area contributed by atoms with Crippen LogP contribution in [-0.2, 0) is 0 Å². The standard InChI is InChI=1S/C34H56O/c1-3-5-7-8-9-27-10-12-28(13-11-27)14-15-29-16-17-33-26-32(19-18-31(33)25-29)30-20-22-34(23-21-30)35-24-6-4-2/h20-23,27-29,31-33H,3-19,24-26H2,1-2H3. The Balaban J connectivity index is 1.12. The number of fused-ring (bicyclic) bond motifs is 1. The molecular formula is C34H56O. The van der Waals surface area contributed by atoms with E-state index < -0.39 is 0 Å². The SMILES string of the molecule is CCCCCCC1CCC(CCC2CCC3CC(c4ccc(OCCCC)cc4)CCC3C2)CC1. The molecular weight excluding hydrogens is 424 g/mol. The van der Waals surface area contributed by atoms with E-state index in [4.69, 9.17) is 4.74 Å². The van der Waals surface area contributed by atoms with Gasteiger partial charge in [0, 0.05) is 0 Å². The molecule has 4 atom stereocenters. The van der Waals surface area contributed by atoms with E-state index in [2.05, 4.69) is 38.1 Å². The molecule has 0 heterocycles. The van der Waals surface area contributed by atoms with Crippen molar-refractivity contribution in [2.75, 3.05) is 6.61 Å². The van der Waals surface area contributed by atoms with Crippen LogP contribution in [0.15, 0.2) is 24.3 Å². The molecule has 0 aliphatic heterocycles. The highest BCUT2D eigenvalue weighted by Crippen LogP contribution is 2.49. The van der Waals surface area contributed by atoms with E-state index in [-0.39, 0.29) is 0 Å². The minimum atomic E-state index is 0.787. The highest BCUT2D eigenvalue weighted by Gasteiger charge is 2.36. The van der Waals surface area contributed by atoms with Crippen LogP contribution in [0.4, 0.5) is 0 Å². The van der Waals surface area contributed by atoms with Gasteiger partial charge in [-0.15, -0.1) is 0 Å². The Kier molecular flexibility index (Phi) is 11.4. The quantitative estimate of drug-likeness (QED) is 0.255. The molecule has 3 aliphatic rings. The van der Waals surface area contributed by atoms with E-state index in [1.807, 2.05) is 0 Å². The van der Waals surface area contributed by atoms with Crippen molar-refractivity contribution in [3.8, 4) is 5.75 Å². The van der Waals surface area contributed by atoms with Gasteiger partial charge in [0.05, 0.1) is 6.61 Å². The van der Waals surface area contributed by atoms with Crippen molar-refractivity contribution < 1.29 is 4.74 Å². The fourth-order valence-electron chi connectivity index (χ4n) is 7.86. The van der Waals surface area contributed by atoms with Crippen molar-refractivity contribution in [1.82, 2.24) is 0 Å². The van der Waals surface area contributed by atoms with Gasteiger partial charge < -0.3 is 4.74 Å². The van der Waals surface area contributed by atoms with E-state index >= 15 is 0 Å². The molecule has 0 saturated heterocycles. The summed E-state index contributed by atoms with van der Waals surface area (Å²) in [4.78, 5) is 0. The predicted octanol–water partition coefficient (Wildman–Crippen LogP) is 10.7. The molecule has 0 N–H and O–H groups in total. The zero-order chi connectivity index (χ0) is 24.3. The Morgan fingerprint density at radius 1 is 0.600 bits per heavy atom. The largest absolute Gasteiger partial charge is 0.494 e. The molecule has 0 bridgehead atoms. The average molecular weight is 481 g/mol. The minimum Gasteiger partial charge on any atom is -0.494 e. The van der Waals surface area contributed by atoms with Gasteiger partial charge in [-0.3, -0.25) is 0 Å². The molecule has 1 aromatic rings. The van der Waals surface area contributed by atoms with Gasteiger partial charge in [-0.25, -0.2) is 0 Å². The maximum Gasteiger partial charge on any atom is 0.119 e. The van der Waals surface area contributed by atoms with E-state index in [1.54, 1.807) is 44.1 Å². The Hall–Kier alpha value is -0.980. The summed E-state index contributed by atoms with van der Waals surface area (Å²) in [6.45, 7) is 5.40. The van der Waals surface area contributed by atoms with Gasteiger partial charge >= 0.3 is 0 Å². The molecule has 3 aliphatic carbocycles. The molecule has 1 heteroatoms. The fraction of sp³-hybridized carbons (Fsp3) is 0.824. The van der Waals surface area contributed by atoms with Crippen LogP contribution < -0.4 is 4.74 Å². The molecule has 0 radical (unpaired) electrons. The number of hydrogen-bond acceptors (Lipinski definition) is 1. The lowest BCUT2D eigenvalue weighted by molar-refractivity contribution is 0.108. The van der Waals surface area contributed by atoms with E-state index in [0.29, 0.717) is 0 Å². The highest BCUT2D eigenvalue weighted by atomic mass is 16.5. The monoisotopic (exact) mass is 480 g/mol. The minimum absolute atomic E-state index is 0.787. The number of unbranched alkanes of at least 4 members (excludes halogenated alkanes) is 4. The first-order chi connectivity index (χ1) is 17.2. The summed E-state index contributed by atoms with van der Waals surface area (Å²) in [6, 6.07) is 9.15. The predicted molar refractivity (Wildman–Crippen MR) is 151 cm³/mol. The van der Waals surface area contributed by atoms with Crippen molar-refractivity contribution >= 4 is 0 Å². The van der Waals surface area contributed by atoms with Crippen molar-refractivity contribution in [3.05, 3.63) is 29.8 Å². The van der Waals surface area contributed by atoms with Crippen molar-refractivity contribution in [3.63, 3.8) is 0 Å². The average Bonchev–Trinajstić information content (AvgIpc) is 2.91. The molecule has 1 nitrogen and oxygen atoms in total. The smallest absolute Gasteiger partial charge is 0.119 e.